The molecule has 0 bridgehead atoms. The molecule has 1 saturated heterocycles. The lowest BCUT2D eigenvalue weighted by Gasteiger charge is -2.29. The van der Waals surface area contributed by atoms with Crippen LogP contribution in [0.5, 0.6) is 0 Å². The molecule has 3 N–H and O–H groups in total. The van der Waals surface area contributed by atoms with E-state index in [1.807, 2.05) is 6.92 Å². The van der Waals surface area contributed by atoms with Crippen LogP contribution in [-0.4, -0.2) is 39.6 Å². The summed E-state index contributed by atoms with van der Waals surface area (Å²) >= 11 is 0. The van der Waals surface area contributed by atoms with Crippen molar-refractivity contribution in [2.75, 3.05) is 23.2 Å². The Morgan fingerprint density at radius 2 is 1.93 bits per heavy atom. The lowest BCUT2D eigenvalue weighted by atomic mass is 10.1. The molecule has 1 heterocycles. The first-order valence-electron chi connectivity index (χ1n) is 8.71. The van der Waals surface area contributed by atoms with Crippen LogP contribution in [0.15, 0.2) is 53.4 Å². The molecule has 0 aliphatic carbocycles. The molecule has 0 aromatic heterocycles. The Morgan fingerprint density at radius 3 is 2.63 bits per heavy atom. The number of amides is 1. The SMILES string of the molecule is Cc1ccc(NC(=O)[C@H]2NCCO[C@@H]2C)cc1NS(=O)(=O)c1ccccc1. The molecule has 2 aromatic rings. The lowest BCUT2D eigenvalue weighted by Crippen LogP contribution is -2.53. The summed E-state index contributed by atoms with van der Waals surface area (Å²) in [6.45, 7) is 4.82. The molecule has 1 aliphatic heterocycles. The third kappa shape index (κ3) is 4.65. The van der Waals surface area contributed by atoms with E-state index in [1.165, 1.54) is 12.1 Å². The minimum absolute atomic E-state index is 0.177. The first-order valence-corrected chi connectivity index (χ1v) is 10.2. The average molecular weight is 389 g/mol. The van der Waals surface area contributed by atoms with E-state index in [1.54, 1.807) is 43.3 Å². The van der Waals surface area contributed by atoms with Gasteiger partial charge in [0.15, 0.2) is 0 Å². The molecule has 1 amide bonds. The molecule has 2 aromatic carbocycles. The Kier molecular flexibility index (Phi) is 5.79. The molecule has 0 unspecified atom stereocenters. The Morgan fingerprint density at radius 1 is 1.19 bits per heavy atom. The van der Waals surface area contributed by atoms with Gasteiger partial charge in [-0.3, -0.25) is 9.52 Å². The van der Waals surface area contributed by atoms with E-state index in [9.17, 15) is 13.2 Å². The van der Waals surface area contributed by atoms with E-state index in [4.69, 9.17) is 4.74 Å². The van der Waals surface area contributed by atoms with Crippen molar-refractivity contribution in [2.24, 2.45) is 0 Å². The smallest absolute Gasteiger partial charge is 0.261 e. The van der Waals surface area contributed by atoms with Crippen molar-refractivity contribution in [3.63, 3.8) is 0 Å². The number of nitrogens with one attached hydrogen (secondary N) is 3. The zero-order chi connectivity index (χ0) is 19.4. The monoisotopic (exact) mass is 389 g/mol. The molecule has 1 aliphatic rings. The van der Waals surface area contributed by atoms with Gasteiger partial charge in [0.25, 0.3) is 10.0 Å². The zero-order valence-electron chi connectivity index (χ0n) is 15.2. The second kappa shape index (κ2) is 8.08. The normalized spacial score (nSPS) is 20.1. The van der Waals surface area contributed by atoms with Gasteiger partial charge in [-0.25, -0.2) is 8.42 Å². The summed E-state index contributed by atoms with van der Waals surface area (Å²) in [5, 5.41) is 5.95. The van der Waals surface area contributed by atoms with Gasteiger partial charge in [-0.05, 0) is 43.7 Å². The maximum Gasteiger partial charge on any atom is 0.261 e. The molecule has 8 heteroatoms. The quantitative estimate of drug-likeness (QED) is 0.728. The topological polar surface area (TPSA) is 96.5 Å². The van der Waals surface area contributed by atoms with Crippen molar-refractivity contribution < 1.29 is 17.9 Å². The van der Waals surface area contributed by atoms with Crippen LogP contribution in [0.1, 0.15) is 12.5 Å². The summed E-state index contributed by atoms with van der Waals surface area (Å²) in [5.74, 6) is -0.220. The van der Waals surface area contributed by atoms with Crippen LogP contribution in [0.2, 0.25) is 0 Å². The summed E-state index contributed by atoms with van der Waals surface area (Å²) in [7, 11) is -3.71. The van der Waals surface area contributed by atoms with E-state index in [0.717, 1.165) is 5.56 Å². The fraction of sp³-hybridized carbons (Fsp3) is 0.316. The van der Waals surface area contributed by atoms with Crippen molar-refractivity contribution >= 4 is 27.3 Å². The largest absolute Gasteiger partial charge is 0.375 e. The van der Waals surface area contributed by atoms with Crippen molar-refractivity contribution in [1.82, 2.24) is 5.32 Å². The first-order chi connectivity index (χ1) is 12.9. The Labute approximate surface area is 159 Å². The van der Waals surface area contributed by atoms with Gasteiger partial charge in [-0.2, -0.15) is 0 Å². The van der Waals surface area contributed by atoms with E-state index in [2.05, 4.69) is 15.4 Å². The van der Waals surface area contributed by atoms with Crippen LogP contribution in [-0.2, 0) is 19.6 Å². The minimum atomic E-state index is -3.71. The molecule has 27 heavy (non-hydrogen) atoms. The van der Waals surface area contributed by atoms with E-state index >= 15 is 0 Å². The maximum absolute atomic E-state index is 12.6. The van der Waals surface area contributed by atoms with Crippen molar-refractivity contribution in [2.45, 2.75) is 30.9 Å². The molecule has 1 fully saturated rings. The van der Waals surface area contributed by atoms with Crippen molar-refractivity contribution in [3.8, 4) is 0 Å². The Bertz CT molecular complexity index is 916. The third-order valence-electron chi connectivity index (χ3n) is 4.40. The highest BCUT2D eigenvalue weighted by Gasteiger charge is 2.28. The molecular formula is C19H23N3O4S. The van der Waals surface area contributed by atoms with Crippen LogP contribution in [0.4, 0.5) is 11.4 Å². The summed E-state index contributed by atoms with van der Waals surface area (Å²) in [4.78, 5) is 12.7. The zero-order valence-corrected chi connectivity index (χ0v) is 16.0. The number of rotatable bonds is 5. The van der Waals surface area contributed by atoms with Crippen LogP contribution >= 0.6 is 0 Å². The summed E-state index contributed by atoms with van der Waals surface area (Å²) in [5.41, 5.74) is 1.67. The highest BCUT2D eigenvalue weighted by molar-refractivity contribution is 7.92. The third-order valence-corrected chi connectivity index (χ3v) is 5.78. The Hall–Kier alpha value is -2.42. The number of morpholine rings is 1. The average Bonchev–Trinajstić information content (AvgIpc) is 2.65. The number of sulfonamides is 1. The number of carbonyl (C=O) groups excluding carboxylic acids is 1. The molecule has 144 valence electrons. The van der Waals surface area contributed by atoms with Gasteiger partial charge in [0, 0.05) is 12.2 Å². The van der Waals surface area contributed by atoms with Crippen molar-refractivity contribution in [1.29, 1.82) is 0 Å². The molecule has 3 rings (SSSR count). The molecule has 0 spiro atoms. The van der Waals surface area contributed by atoms with Gasteiger partial charge in [0.2, 0.25) is 5.91 Å². The van der Waals surface area contributed by atoms with Gasteiger partial charge in [-0.15, -0.1) is 0 Å². The van der Waals surface area contributed by atoms with E-state index in [0.29, 0.717) is 24.5 Å². The fourth-order valence-electron chi connectivity index (χ4n) is 2.86. The standard InChI is InChI=1S/C19H23N3O4S/c1-13-8-9-15(21-19(23)18-14(2)26-11-10-20-18)12-17(13)22-27(24,25)16-6-4-3-5-7-16/h3-9,12,14,18,20,22H,10-11H2,1-2H3,(H,21,23)/t14-,18+/m1/s1. The van der Waals surface area contributed by atoms with E-state index < -0.39 is 16.1 Å². The number of hydrogen-bond acceptors (Lipinski definition) is 5. The molecule has 0 saturated carbocycles. The fourth-order valence-corrected chi connectivity index (χ4v) is 4.00. The van der Waals surface area contributed by atoms with Crippen LogP contribution < -0.4 is 15.4 Å². The van der Waals surface area contributed by atoms with Crippen LogP contribution in [0.25, 0.3) is 0 Å². The number of aryl methyl sites for hydroxylation is 1. The second-order valence-electron chi connectivity index (χ2n) is 6.45. The summed E-state index contributed by atoms with van der Waals surface area (Å²) in [6.07, 6.45) is -0.236. The van der Waals surface area contributed by atoms with Gasteiger partial charge < -0.3 is 15.4 Å². The van der Waals surface area contributed by atoms with Crippen molar-refractivity contribution in [3.05, 3.63) is 54.1 Å². The number of anilines is 2. The highest BCUT2D eigenvalue weighted by atomic mass is 32.2. The number of benzene rings is 2. The molecule has 0 radical (unpaired) electrons. The first kappa shape index (κ1) is 19.3. The minimum Gasteiger partial charge on any atom is -0.375 e. The summed E-state index contributed by atoms with van der Waals surface area (Å²) < 4.78 is 33.2. The number of hydrogen-bond donors (Lipinski definition) is 3. The second-order valence-corrected chi connectivity index (χ2v) is 8.13. The number of carbonyl (C=O) groups is 1. The highest BCUT2D eigenvalue weighted by Crippen LogP contribution is 2.24. The number of ether oxygens (including phenoxy) is 1. The van der Waals surface area contributed by atoms with Gasteiger partial charge in [0.05, 0.1) is 23.3 Å². The van der Waals surface area contributed by atoms with Crippen LogP contribution in [0, 0.1) is 6.92 Å². The Balaban J connectivity index is 1.77. The molecule has 7 nitrogen and oxygen atoms in total. The van der Waals surface area contributed by atoms with Crippen LogP contribution in [0.3, 0.4) is 0 Å². The molecular weight excluding hydrogens is 366 g/mol. The van der Waals surface area contributed by atoms with E-state index in [-0.39, 0.29) is 16.9 Å². The maximum atomic E-state index is 12.6. The summed E-state index contributed by atoms with van der Waals surface area (Å²) in [6, 6.07) is 12.8. The molecule has 2 atom stereocenters. The van der Waals surface area contributed by atoms with Gasteiger partial charge in [0.1, 0.15) is 6.04 Å². The van der Waals surface area contributed by atoms with Gasteiger partial charge in [-0.1, -0.05) is 24.3 Å². The predicted molar refractivity (Wildman–Crippen MR) is 104 cm³/mol. The lowest BCUT2D eigenvalue weighted by molar-refractivity contribution is -0.123. The van der Waals surface area contributed by atoms with Gasteiger partial charge >= 0.3 is 0 Å². The predicted octanol–water partition coefficient (Wildman–Crippen LogP) is 2.11.